The number of hydrogen-bond acceptors (Lipinski definition) is 11. The summed E-state index contributed by atoms with van der Waals surface area (Å²) < 4.78 is 0. The molecule has 0 aromatic heterocycles. The van der Waals surface area contributed by atoms with Gasteiger partial charge in [0.1, 0.15) is 0 Å². The van der Waals surface area contributed by atoms with Crippen molar-refractivity contribution in [3.8, 4) is 0 Å². The number of carboxylic acid groups (broad SMARTS) is 1. The van der Waals surface area contributed by atoms with Crippen molar-refractivity contribution in [3.63, 3.8) is 0 Å². The van der Waals surface area contributed by atoms with E-state index < -0.39 is 119 Å². The highest BCUT2D eigenvalue weighted by Crippen LogP contribution is 2.44. The van der Waals surface area contributed by atoms with Gasteiger partial charge in [-0.2, -0.15) is 0 Å². The zero-order valence-corrected chi connectivity index (χ0v) is 30.7. The van der Waals surface area contributed by atoms with Crippen LogP contribution in [0.15, 0.2) is 0 Å². The minimum atomic E-state index is -3.65. The molecule has 278 valence electrons. The number of ketones is 3. The molecule has 0 heterocycles. The summed E-state index contributed by atoms with van der Waals surface area (Å²) in [4.78, 5) is 84.1. The molecule has 0 saturated heterocycles. The Morgan fingerprint density at radius 3 is 1.54 bits per heavy atom. The number of carbonyl (C=O) groups is 6. The van der Waals surface area contributed by atoms with Gasteiger partial charge in [0, 0.05) is 18.9 Å². The largest absolute Gasteiger partial charge is 0.480 e. The SMILES string of the molecule is CC(C)CC(=O)[C@@](O)([C@H](CC(C)C)NC(=O)[C@H](C)N)C(C(=O)O)(C(=O)C[C@H](O)[C@@H](N)CC(C)C)C(=O)[C@@H](NC(=O)[C@@H](N)C(C)C)C(C)C. The molecule has 11 N–H and O–H groups in total. The molecular weight excluding hydrogens is 622 g/mol. The fourth-order valence-electron chi connectivity index (χ4n) is 5.74. The maximum atomic E-state index is 15.0. The van der Waals surface area contributed by atoms with E-state index in [1.54, 1.807) is 41.5 Å². The molecule has 0 bridgehead atoms. The number of hydrogen-bond donors (Lipinski definition) is 8. The molecule has 8 atom stereocenters. The number of nitrogens with one attached hydrogen (secondary N) is 2. The van der Waals surface area contributed by atoms with Crippen LogP contribution in [-0.2, 0) is 28.8 Å². The Morgan fingerprint density at radius 2 is 1.17 bits per heavy atom. The minimum absolute atomic E-state index is 0.0326. The molecule has 0 radical (unpaired) electrons. The highest BCUT2D eigenvalue weighted by Gasteiger charge is 2.73. The monoisotopic (exact) mass is 685 g/mol. The topological polar surface area (TPSA) is 265 Å². The Morgan fingerprint density at radius 1 is 0.667 bits per heavy atom. The molecule has 0 aliphatic carbocycles. The fraction of sp³-hybridized carbons (Fsp3) is 0.824. The molecule has 48 heavy (non-hydrogen) atoms. The van der Waals surface area contributed by atoms with Gasteiger partial charge >= 0.3 is 5.97 Å². The number of carboxylic acids is 1. The van der Waals surface area contributed by atoms with Gasteiger partial charge in [-0.1, -0.05) is 69.2 Å². The number of nitrogens with two attached hydrogens (primary N) is 3. The summed E-state index contributed by atoms with van der Waals surface area (Å²) >= 11 is 0. The van der Waals surface area contributed by atoms with Crippen LogP contribution in [0.2, 0.25) is 0 Å². The van der Waals surface area contributed by atoms with Crippen LogP contribution in [0.4, 0.5) is 0 Å². The van der Waals surface area contributed by atoms with Gasteiger partial charge in [-0.15, -0.1) is 0 Å². The van der Waals surface area contributed by atoms with E-state index >= 15 is 0 Å². The summed E-state index contributed by atoms with van der Waals surface area (Å²) in [7, 11) is 0. The first-order valence-corrected chi connectivity index (χ1v) is 16.9. The van der Waals surface area contributed by atoms with E-state index in [9.17, 15) is 44.1 Å². The van der Waals surface area contributed by atoms with Gasteiger partial charge in [-0.3, -0.25) is 28.8 Å². The maximum absolute atomic E-state index is 15.0. The third-order valence-corrected chi connectivity index (χ3v) is 8.54. The van der Waals surface area contributed by atoms with Gasteiger partial charge in [0.2, 0.25) is 17.2 Å². The molecule has 0 saturated carbocycles. The van der Waals surface area contributed by atoms with Crippen molar-refractivity contribution < 1.29 is 44.1 Å². The van der Waals surface area contributed by atoms with Crippen molar-refractivity contribution in [2.24, 2.45) is 52.2 Å². The molecular formula is C34H63N5O9. The summed E-state index contributed by atoms with van der Waals surface area (Å²) in [5.41, 5.74) is 10.9. The summed E-state index contributed by atoms with van der Waals surface area (Å²) in [5, 5.41) is 40.0. The molecule has 0 fully saturated rings. The van der Waals surface area contributed by atoms with Crippen LogP contribution in [0, 0.1) is 35.0 Å². The first-order valence-electron chi connectivity index (χ1n) is 16.9. The molecule has 14 nitrogen and oxygen atoms in total. The second-order valence-electron chi connectivity index (χ2n) is 15.2. The van der Waals surface area contributed by atoms with Crippen LogP contribution in [0.3, 0.4) is 0 Å². The van der Waals surface area contributed by atoms with E-state index in [4.69, 9.17) is 17.2 Å². The van der Waals surface area contributed by atoms with E-state index in [2.05, 4.69) is 10.6 Å². The van der Waals surface area contributed by atoms with Crippen molar-refractivity contribution in [1.29, 1.82) is 0 Å². The second kappa shape index (κ2) is 18.8. The summed E-state index contributed by atoms with van der Waals surface area (Å²) in [5.74, 6) is -10.4. The molecule has 0 spiro atoms. The Balaban J connectivity index is 8.25. The number of Topliss-reactive ketones (excluding diaryl/α,β-unsaturated/α-hetero) is 3. The molecule has 0 aliphatic heterocycles. The van der Waals surface area contributed by atoms with Gasteiger partial charge in [-0.05, 0) is 49.4 Å². The third kappa shape index (κ3) is 10.9. The number of amides is 2. The minimum Gasteiger partial charge on any atom is -0.480 e. The molecule has 1 unspecified atom stereocenters. The number of carbonyl (C=O) groups excluding carboxylic acids is 5. The lowest BCUT2D eigenvalue weighted by molar-refractivity contribution is -0.192. The van der Waals surface area contributed by atoms with Crippen molar-refractivity contribution in [2.45, 2.75) is 144 Å². The molecule has 0 rings (SSSR count). The zero-order chi connectivity index (χ0) is 38.1. The van der Waals surface area contributed by atoms with Gasteiger partial charge < -0.3 is 43.2 Å². The van der Waals surface area contributed by atoms with Gasteiger partial charge in [0.05, 0.1) is 30.3 Å². The Bertz CT molecular complexity index is 1140. The average molecular weight is 686 g/mol. The van der Waals surface area contributed by atoms with Crippen LogP contribution in [-0.4, -0.2) is 92.4 Å². The second-order valence-corrected chi connectivity index (χ2v) is 15.2. The Hall–Kier alpha value is -2.78. The van der Waals surface area contributed by atoms with Crippen molar-refractivity contribution in [2.75, 3.05) is 0 Å². The van der Waals surface area contributed by atoms with Gasteiger partial charge in [0.25, 0.3) is 0 Å². The summed E-state index contributed by atoms with van der Waals surface area (Å²) in [6, 6.07) is -6.94. The first-order chi connectivity index (χ1) is 21.8. The van der Waals surface area contributed by atoms with Crippen LogP contribution in [0.5, 0.6) is 0 Å². The van der Waals surface area contributed by atoms with Crippen LogP contribution in [0.1, 0.15) is 102 Å². The highest BCUT2D eigenvalue weighted by atomic mass is 16.4. The van der Waals surface area contributed by atoms with Crippen LogP contribution >= 0.6 is 0 Å². The van der Waals surface area contributed by atoms with Gasteiger partial charge in [0.15, 0.2) is 23.0 Å². The molecule has 0 aromatic rings. The quantitative estimate of drug-likeness (QED) is 0.0731. The van der Waals surface area contributed by atoms with E-state index in [0.29, 0.717) is 0 Å². The number of aliphatic hydroxyl groups excluding tert-OH is 1. The van der Waals surface area contributed by atoms with Crippen molar-refractivity contribution >= 4 is 35.1 Å². The zero-order valence-electron chi connectivity index (χ0n) is 30.7. The van der Waals surface area contributed by atoms with E-state index in [-0.39, 0.29) is 18.8 Å². The normalized spacial score (nSPS) is 18.4. The molecule has 14 heteroatoms. The third-order valence-electron chi connectivity index (χ3n) is 8.54. The van der Waals surface area contributed by atoms with Crippen molar-refractivity contribution in [3.05, 3.63) is 0 Å². The highest BCUT2D eigenvalue weighted by molar-refractivity contribution is 6.28. The van der Waals surface area contributed by atoms with Gasteiger partial charge in [-0.25, -0.2) is 0 Å². The lowest BCUT2D eigenvalue weighted by atomic mass is 9.56. The summed E-state index contributed by atoms with van der Waals surface area (Å²) in [6.45, 7) is 17.8. The molecule has 0 aliphatic rings. The van der Waals surface area contributed by atoms with E-state index in [0.717, 1.165) is 0 Å². The Labute approximate surface area is 285 Å². The van der Waals surface area contributed by atoms with E-state index in [1.807, 2.05) is 13.8 Å². The summed E-state index contributed by atoms with van der Waals surface area (Å²) in [6.07, 6.45) is -3.26. The molecule has 0 aromatic carbocycles. The number of aliphatic hydroxyl groups is 2. The lowest BCUT2D eigenvalue weighted by Gasteiger charge is -2.48. The lowest BCUT2D eigenvalue weighted by Crippen LogP contribution is -2.76. The number of rotatable bonds is 22. The fourth-order valence-corrected chi connectivity index (χ4v) is 5.74. The first kappa shape index (κ1) is 45.2. The van der Waals surface area contributed by atoms with Crippen molar-refractivity contribution in [1.82, 2.24) is 10.6 Å². The smallest absolute Gasteiger partial charge is 0.328 e. The number of aliphatic carboxylic acids is 1. The predicted molar refractivity (Wildman–Crippen MR) is 182 cm³/mol. The average Bonchev–Trinajstić information content (AvgIpc) is 2.93. The maximum Gasteiger partial charge on any atom is 0.328 e. The Kier molecular flexibility index (Phi) is 17.7. The van der Waals surface area contributed by atoms with E-state index in [1.165, 1.54) is 20.8 Å². The van der Waals surface area contributed by atoms with Crippen LogP contribution < -0.4 is 27.8 Å². The standard InChI is InChI=1S/C34H63N5O9/c1-16(2)12-22(36)23(40)15-25(41)33(32(46)47,29(43)28(20(9)10)39-31(45)27(37)19(7)8)34(48,26(42)14-18(5)6)24(13-17(3)4)38-30(44)21(11)35/h16-24,27-28,40,48H,12-15,35-37H2,1-11H3,(H,38,44)(H,39,45)(H,46,47)/t21-,22-,23-,24-,27-,28-,33?,34-/m0/s1. The molecule has 2 amide bonds. The predicted octanol–water partition coefficient (Wildman–Crippen LogP) is 0.669. The van der Waals surface area contributed by atoms with Crippen LogP contribution in [0.25, 0.3) is 0 Å².